The van der Waals surface area contributed by atoms with Crippen molar-refractivity contribution in [1.82, 2.24) is 10.6 Å². The lowest BCUT2D eigenvalue weighted by Crippen LogP contribution is -2.43. The minimum Gasteiger partial charge on any atom is -0.493 e. The van der Waals surface area contributed by atoms with Gasteiger partial charge in [0.1, 0.15) is 5.75 Å². The number of carbonyl (C=O) groups is 1. The van der Waals surface area contributed by atoms with Crippen molar-refractivity contribution in [1.29, 1.82) is 0 Å². The Morgan fingerprint density at radius 2 is 2.22 bits per heavy atom. The van der Waals surface area contributed by atoms with E-state index < -0.39 is 0 Å². The summed E-state index contributed by atoms with van der Waals surface area (Å²) in [6.45, 7) is 1.61. The summed E-state index contributed by atoms with van der Waals surface area (Å²) in [6.07, 6.45) is 2.87. The molecule has 1 aromatic rings. The van der Waals surface area contributed by atoms with Gasteiger partial charge in [-0.2, -0.15) is 0 Å². The van der Waals surface area contributed by atoms with E-state index in [1.165, 1.54) is 0 Å². The molecule has 0 bridgehead atoms. The van der Waals surface area contributed by atoms with Gasteiger partial charge in [-0.25, -0.2) is 0 Å². The predicted octanol–water partition coefficient (Wildman–Crippen LogP) is 1.38. The number of rotatable bonds is 2. The molecule has 1 aromatic carbocycles. The Labute approximate surface area is 107 Å². The maximum Gasteiger partial charge on any atom is 0.237 e. The highest BCUT2D eigenvalue weighted by Gasteiger charge is 2.27. The van der Waals surface area contributed by atoms with E-state index in [1.807, 2.05) is 24.3 Å². The highest BCUT2D eigenvalue weighted by molar-refractivity contribution is 5.82. The molecule has 2 atom stereocenters. The number of hydrogen-bond acceptors (Lipinski definition) is 3. The van der Waals surface area contributed by atoms with E-state index in [-0.39, 0.29) is 18.0 Å². The average molecular weight is 246 g/mol. The first-order chi connectivity index (χ1) is 8.84. The lowest BCUT2D eigenvalue weighted by molar-refractivity contribution is -0.123. The Balaban J connectivity index is 1.72. The summed E-state index contributed by atoms with van der Waals surface area (Å²) in [6, 6.07) is 8.01. The Morgan fingerprint density at radius 1 is 1.33 bits per heavy atom. The first kappa shape index (κ1) is 11.5. The topological polar surface area (TPSA) is 50.4 Å². The van der Waals surface area contributed by atoms with Crippen LogP contribution in [0.3, 0.4) is 0 Å². The largest absolute Gasteiger partial charge is 0.493 e. The molecule has 0 aliphatic carbocycles. The fourth-order valence-electron chi connectivity index (χ4n) is 2.67. The molecule has 0 radical (unpaired) electrons. The summed E-state index contributed by atoms with van der Waals surface area (Å²) in [5.74, 6) is 1.02. The minimum atomic E-state index is -0.0139. The molecule has 1 saturated heterocycles. The zero-order chi connectivity index (χ0) is 12.4. The van der Waals surface area contributed by atoms with Crippen LogP contribution in [0, 0.1) is 0 Å². The summed E-state index contributed by atoms with van der Waals surface area (Å²) in [5.41, 5.74) is 1.09. The molecule has 3 rings (SSSR count). The number of benzene rings is 1. The molecule has 0 spiro atoms. The molecule has 2 aliphatic rings. The molecule has 96 valence electrons. The van der Waals surface area contributed by atoms with Gasteiger partial charge in [0.15, 0.2) is 0 Å². The van der Waals surface area contributed by atoms with Crippen LogP contribution in [-0.4, -0.2) is 25.1 Å². The Hall–Kier alpha value is -1.55. The van der Waals surface area contributed by atoms with Crippen molar-refractivity contribution in [2.75, 3.05) is 13.2 Å². The normalized spacial score (nSPS) is 26.2. The number of nitrogens with one attached hydrogen (secondary N) is 2. The van der Waals surface area contributed by atoms with Crippen molar-refractivity contribution in [3.8, 4) is 5.75 Å². The molecule has 1 unspecified atom stereocenters. The second kappa shape index (κ2) is 4.98. The van der Waals surface area contributed by atoms with E-state index in [4.69, 9.17) is 4.74 Å². The zero-order valence-electron chi connectivity index (χ0n) is 10.3. The molecule has 18 heavy (non-hydrogen) atoms. The Kier molecular flexibility index (Phi) is 3.19. The molecular formula is C14H18N2O2. The van der Waals surface area contributed by atoms with E-state index in [9.17, 15) is 4.79 Å². The molecule has 2 aliphatic heterocycles. The van der Waals surface area contributed by atoms with Crippen LogP contribution in [0.25, 0.3) is 0 Å². The van der Waals surface area contributed by atoms with Crippen molar-refractivity contribution in [2.24, 2.45) is 0 Å². The van der Waals surface area contributed by atoms with Crippen LogP contribution in [0.2, 0.25) is 0 Å². The van der Waals surface area contributed by atoms with Crippen molar-refractivity contribution < 1.29 is 9.53 Å². The van der Waals surface area contributed by atoms with E-state index in [0.29, 0.717) is 6.61 Å². The standard InChI is InChI=1S/C14H18N2O2/c17-14(12-5-3-8-15-12)16-11-7-9-18-13-6-2-1-4-10(11)13/h1-2,4,6,11-12,15H,3,5,7-9H2,(H,16,17)/t11?,12-/m1/s1. The lowest BCUT2D eigenvalue weighted by Gasteiger charge is -2.27. The SMILES string of the molecule is O=C(NC1CCOc2ccccc21)[C@H]1CCCN1. The number of carbonyl (C=O) groups excluding carboxylic acids is 1. The minimum absolute atomic E-state index is 0.0139. The highest BCUT2D eigenvalue weighted by Crippen LogP contribution is 2.31. The van der Waals surface area contributed by atoms with E-state index in [2.05, 4.69) is 10.6 Å². The Morgan fingerprint density at radius 3 is 3.06 bits per heavy atom. The van der Waals surface area contributed by atoms with Crippen molar-refractivity contribution in [3.05, 3.63) is 29.8 Å². The average Bonchev–Trinajstić information content (AvgIpc) is 2.93. The van der Waals surface area contributed by atoms with Gasteiger partial charge in [-0.15, -0.1) is 0 Å². The third-order valence-corrected chi connectivity index (χ3v) is 3.65. The van der Waals surface area contributed by atoms with Gasteiger partial charge in [0, 0.05) is 12.0 Å². The van der Waals surface area contributed by atoms with Gasteiger partial charge < -0.3 is 15.4 Å². The van der Waals surface area contributed by atoms with Crippen LogP contribution in [0.1, 0.15) is 30.9 Å². The van der Waals surface area contributed by atoms with Gasteiger partial charge >= 0.3 is 0 Å². The molecule has 0 saturated carbocycles. The van der Waals surface area contributed by atoms with Crippen molar-refractivity contribution in [2.45, 2.75) is 31.3 Å². The lowest BCUT2D eigenvalue weighted by atomic mass is 10.00. The summed E-state index contributed by atoms with van der Waals surface area (Å²) < 4.78 is 5.59. The van der Waals surface area contributed by atoms with Gasteiger partial charge in [0.05, 0.1) is 18.7 Å². The smallest absolute Gasteiger partial charge is 0.237 e. The summed E-state index contributed by atoms with van der Waals surface area (Å²) in [5, 5.41) is 6.36. The number of para-hydroxylation sites is 1. The first-order valence-corrected chi connectivity index (χ1v) is 6.60. The summed E-state index contributed by atoms with van der Waals surface area (Å²) in [4.78, 5) is 12.1. The first-order valence-electron chi connectivity index (χ1n) is 6.60. The van der Waals surface area contributed by atoms with Crippen molar-refractivity contribution in [3.63, 3.8) is 0 Å². The van der Waals surface area contributed by atoms with Crippen molar-refractivity contribution >= 4 is 5.91 Å². The fraction of sp³-hybridized carbons (Fsp3) is 0.500. The highest BCUT2D eigenvalue weighted by atomic mass is 16.5. The van der Waals surface area contributed by atoms with E-state index in [0.717, 1.165) is 37.1 Å². The predicted molar refractivity (Wildman–Crippen MR) is 68.5 cm³/mol. The third kappa shape index (κ3) is 2.20. The fourth-order valence-corrected chi connectivity index (χ4v) is 2.67. The number of ether oxygens (including phenoxy) is 1. The van der Waals surface area contributed by atoms with Crippen LogP contribution in [0.5, 0.6) is 5.75 Å². The summed E-state index contributed by atoms with van der Waals surface area (Å²) >= 11 is 0. The molecule has 1 fully saturated rings. The molecule has 4 heteroatoms. The van der Waals surface area contributed by atoms with Crippen LogP contribution in [0.15, 0.2) is 24.3 Å². The van der Waals surface area contributed by atoms with Crippen LogP contribution < -0.4 is 15.4 Å². The zero-order valence-corrected chi connectivity index (χ0v) is 10.3. The third-order valence-electron chi connectivity index (χ3n) is 3.65. The molecule has 4 nitrogen and oxygen atoms in total. The van der Waals surface area contributed by atoms with Gasteiger partial charge in [-0.05, 0) is 25.5 Å². The van der Waals surface area contributed by atoms with Gasteiger partial charge in [0.2, 0.25) is 5.91 Å². The van der Waals surface area contributed by atoms with Gasteiger partial charge in [-0.3, -0.25) is 4.79 Å². The molecular weight excluding hydrogens is 228 g/mol. The molecule has 1 amide bonds. The van der Waals surface area contributed by atoms with E-state index in [1.54, 1.807) is 0 Å². The monoisotopic (exact) mass is 246 g/mol. The quantitative estimate of drug-likeness (QED) is 0.829. The van der Waals surface area contributed by atoms with E-state index >= 15 is 0 Å². The van der Waals surface area contributed by atoms with Gasteiger partial charge in [0.25, 0.3) is 0 Å². The second-order valence-electron chi connectivity index (χ2n) is 4.89. The number of fused-ring (bicyclic) bond motifs is 1. The number of hydrogen-bond donors (Lipinski definition) is 2. The molecule has 0 aromatic heterocycles. The second-order valence-corrected chi connectivity index (χ2v) is 4.89. The maximum atomic E-state index is 12.1. The van der Waals surface area contributed by atoms with Crippen LogP contribution in [-0.2, 0) is 4.79 Å². The van der Waals surface area contributed by atoms with Crippen LogP contribution >= 0.6 is 0 Å². The van der Waals surface area contributed by atoms with Gasteiger partial charge in [-0.1, -0.05) is 18.2 Å². The summed E-state index contributed by atoms with van der Waals surface area (Å²) in [7, 11) is 0. The molecule has 2 N–H and O–H groups in total. The number of amides is 1. The molecule has 2 heterocycles. The maximum absolute atomic E-state index is 12.1. The Bertz CT molecular complexity index is 441. The van der Waals surface area contributed by atoms with Crippen LogP contribution in [0.4, 0.5) is 0 Å².